The van der Waals surface area contributed by atoms with Gasteiger partial charge in [-0.2, -0.15) is 0 Å². The van der Waals surface area contributed by atoms with Gasteiger partial charge in [-0.15, -0.1) is 0 Å². The highest BCUT2D eigenvalue weighted by Gasteiger charge is 2.47. The first-order valence-corrected chi connectivity index (χ1v) is 8.10. The Morgan fingerprint density at radius 3 is 2.48 bits per heavy atom. The summed E-state index contributed by atoms with van der Waals surface area (Å²) in [4.78, 5) is 17.0. The zero-order chi connectivity index (χ0) is 15.5. The lowest BCUT2D eigenvalue weighted by atomic mass is 9.77. The fraction of sp³-hybridized carbons (Fsp3) is 0.938. The maximum atomic E-state index is 12.1. The van der Waals surface area contributed by atoms with Crippen molar-refractivity contribution in [1.82, 2.24) is 9.80 Å². The SMILES string of the molecule is CCOC(=O)CC1(N2CCN(C)CC2)CCOC(C)(C)C1. The molecule has 0 bridgehead atoms. The Labute approximate surface area is 128 Å². The van der Waals surface area contributed by atoms with Gasteiger partial charge in [-0.1, -0.05) is 0 Å². The first kappa shape index (κ1) is 16.7. The van der Waals surface area contributed by atoms with Crippen LogP contribution in [0.25, 0.3) is 0 Å². The monoisotopic (exact) mass is 298 g/mol. The van der Waals surface area contributed by atoms with E-state index >= 15 is 0 Å². The second-order valence-electron chi connectivity index (χ2n) is 7.03. The predicted octanol–water partition coefficient (Wildman–Crippen LogP) is 1.51. The van der Waals surface area contributed by atoms with Crippen LogP contribution in [-0.4, -0.2) is 73.3 Å². The molecule has 0 N–H and O–H groups in total. The molecule has 1 atom stereocenters. The molecule has 122 valence electrons. The zero-order valence-electron chi connectivity index (χ0n) is 14.0. The van der Waals surface area contributed by atoms with Crippen LogP contribution in [0.1, 0.15) is 40.0 Å². The number of nitrogens with zero attached hydrogens (tertiary/aromatic N) is 2. The molecule has 2 saturated heterocycles. The first-order valence-electron chi connectivity index (χ1n) is 8.10. The Morgan fingerprint density at radius 2 is 1.90 bits per heavy atom. The van der Waals surface area contributed by atoms with Gasteiger partial charge in [0.25, 0.3) is 0 Å². The summed E-state index contributed by atoms with van der Waals surface area (Å²) in [6.45, 7) is 11.5. The minimum atomic E-state index is -0.173. The molecule has 0 aromatic heterocycles. The standard InChI is InChI=1S/C16H30N2O3/c1-5-20-14(19)12-16(6-11-21-15(2,3)13-16)18-9-7-17(4)8-10-18/h5-13H2,1-4H3. The van der Waals surface area contributed by atoms with Crippen LogP contribution in [0.15, 0.2) is 0 Å². The van der Waals surface area contributed by atoms with E-state index < -0.39 is 0 Å². The molecule has 0 saturated carbocycles. The molecule has 2 rings (SSSR count). The Hall–Kier alpha value is -0.650. The topological polar surface area (TPSA) is 42.0 Å². The van der Waals surface area contributed by atoms with Gasteiger partial charge in [0.15, 0.2) is 0 Å². The molecular formula is C16H30N2O3. The van der Waals surface area contributed by atoms with Crippen LogP contribution in [0.5, 0.6) is 0 Å². The number of piperazine rings is 1. The lowest BCUT2D eigenvalue weighted by Crippen LogP contribution is -2.62. The van der Waals surface area contributed by atoms with Gasteiger partial charge in [-0.25, -0.2) is 0 Å². The highest BCUT2D eigenvalue weighted by atomic mass is 16.5. The van der Waals surface area contributed by atoms with Gasteiger partial charge in [0.2, 0.25) is 0 Å². The van der Waals surface area contributed by atoms with E-state index in [2.05, 4.69) is 30.7 Å². The third kappa shape index (κ3) is 4.18. The molecule has 0 amide bonds. The lowest BCUT2D eigenvalue weighted by molar-refractivity contribution is -0.158. The number of hydrogen-bond donors (Lipinski definition) is 0. The Morgan fingerprint density at radius 1 is 1.24 bits per heavy atom. The fourth-order valence-corrected chi connectivity index (χ4v) is 3.74. The third-order valence-corrected chi connectivity index (χ3v) is 4.77. The average molecular weight is 298 g/mol. The summed E-state index contributed by atoms with van der Waals surface area (Å²) in [7, 11) is 2.16. The van der Waals surface area contributed by atoms with E-state index in [1.54, 1.807) is 0 Å². The van der Waals surface area contributed by atoms with Crippen LogP contribution in [-0.2, 0) is 14.3 Å². The van der Waals surface area contributed by atoms with E-state index in [-0.39, 0.29) is 17.1 Å². The van der Waals surface area contributed by atoms with Crippen LogP contribution in [0.2, 0.25) is 0 Å². The fourth-order valence-electron chi connectivity index (χ4n) is 3.74. The summed E-state index contributed by atoms with van der Waals surface area (Å²) in [6.07, 6.45) is 2.29. The maximum Gasteiger partial charge on any atom is 0.307 e. The van der Waals surface area contributed by atoms with Crippen molar-refractivity contribution in [2.75, 3.05) is 46.4 Å². The molecule has 5 heteroatoms. The highest BCUT2D eigenvalue weighted by molar-refractivity contribution is 5.71. The Balaban J connectivity index is 2.15. The number of rotatable bonds is 4. The van der Waals surface area contributed by atoms with Crippen molar-refractivity contribution in [2.45, 2.75) is 51.2 Å². The maximum absolute atomic E-state index is 12.1. The van der Waals surface area contributed by atoms with Gasteiger partial charge in [-0.3, -0.25) is 9.69 Å². The minimum Gasteiger partial charge on any atom is -0.466 e. The van der Waals surface area contributed by atoms with Gasteiger partial charge in [-0.05, 0) is 40.7 Å². The van der Waals surface area contributed by atoms with Gasteiger partial charge in [0, 0.05) is 38.3 Å². The molecule has 5 nitrogen and oxygen atoms in total. The summed E-state index contributed by atoms with van der Waals surface area (Å²) >= 11 is 0. The summed E-state index contributed by atoms with van der Waals surface area (Å²) in [5.41, 5.74) is -0.274. The number of carbonyl (C=O) groups is 1. The lowest BCUT2D eigenvalue weighted by Gasteiger charge is -2.52. The third-order valence-electron chi connectivity index (χ3n) is 4.77. The second kappa shape index (κ2) is 6.63. The molecule has 0 aliphatic carbocycles. The van der Waals surface area contributed by atoms with E-state index in [1.165, 1.54) is 0 Å². The van der Waals surface area contributed by atoms with Crippen molar-refractivity contribution >= 4 is 5.97 Å². The van der Waals surface area contributed by atoms with Crippen LogP contribution in [0, 0.1) is 0 Å². The van der Waals surface area contributed by atoms with Crippen LogP contribution in [0.4, 0.5) is 0 Å². The van der Waals surface area contributed by atoms with Crippen molar-refractivity contribution in [3.63, 3.8) is 0 Å². The second-order valence-corrected chi connectivity index (χ2v) is 7.03. The minimum absolute atomic E-state index is 0.0749. The Kier molecular flexibility index (Phi) is 5.28. The van der Waals surface area contributed by atoms with Crippen molar-refractivity contribution < 1.29 is 14.3 Å². The van der Waals surface area contributed by atoms with Crippen molar-refractivity contribution in [1.29, 1.82) is 0 Å². The van der Waals surface area contributed by atoms with Crippen molar-refractivity contribution in [2.24, 2.45) is 0 Å². The molecule has 0 spiro atoms. The van der Waals surface area contributed by atoms with Crippen molar-refractivity contribution in [3.8, 4) is 0 Å². The number of esters is 1. The predicted molar refractivity (Wildman–Crippen MR) is 82.3 cm³/mol. The van der Waals surface area contributed by atoms with Gasteiger partial charge in [0.05, 0.1) is 18.6 Å². The van der Waals surface area contributed by atoms with Gasteiger partial charge in [0.1, 0.15) is 0 Å². The summed E-state index contributed by atoms with van der Waals surface area (Å²) in [5, 5.41) is 0. The number of carbonyl (C=O) groups excluding carboxylic acids is 1. The normalized spacial score (nSPS) is 31.0. The van der Waals surface area contributed by atoms with Crippen LogP contribution >= 0.6 is 0 Å². The largest absolute Gasteiger partial charge is 0.466 e. The van der Waals surface area contributed by atoms with Gasteiger partial charge < -0.3 is 14.4 Å². The smallest absolute Gasteiger partial charge is 0.307 e. The van der Waals surface area contributed by atoms with E-state index in [1.807, 2.05) is 6.92 Å². The molecule has 2 aliphatic rings. The molecule has 0 aromatic carbocycles. The molecule has 0 radical (unpaired) electrons. The van der Waals surface area contributed by atoms with Crippen LogP contribution in [0.3, 0.4) is 0 Å². The molecule has 2 fully saturated rings. The Bertz CT molecular complexity index is 365. The number of ether oxygens (including phenoxy) is 2. The summed E-state index contributed by atoms with van der Waals surface area (Å²) in [5.74, 6) is -0.0749. The van der Waals surface area contributed by atoms with Crippen molar-refractivity contribution in [3.05, 3.63) is 0 Å². The summed E-state index contributed by atoms with van der Waals surface area (Å²) < 4.78 is 11.1. The highest BCUT2D eigenvalue weighted by Crippen LogP contribution is 2.39. The quantitative estimate of drug-likeness (QED) is 0.736. The molecule has 21 heavy (non-hydrogen) atoms. The molecular weight excluding hydrogens is 268 g/mol. The van der Waals surface area contributed by atoms with E-state index in [0.29, 0.717) is 13.0 Å². The molecule has 2 aliphatic heterocycles. The number of likely N-dealkylation sites (N-methyl/N-ethyl adjacent to an activating group) is 1. The van der Waals surface area contributed by atoms with E-state index in [4.69, 9.17) is 9.47 Å². The number of hydrogen-bond acceptors (Lipinski definition) is 5. The van der Waals surface area contributed by atoms with E-state index in [9.17, 15) is 4.79 Å². The zero-order valence-corrected chi connectivity index (χ0v) is 14.0. The molecule has 0 aromatic rings. The molecule has 1 unspecified atom stereocenters. The van der Waals surface area contributed by atoms with Gasteiger partial charge >= 0.3 is 5.97 Å². The van der Waals surface area contributed by atoms with Crippen LogP contribution < -0.4 is 0 Å². The summed E-state index contributed by atoms with van der Waals surface area (Å²) in [6, 6.07) is 0. The molecule has 2 heterocycles. The van der Waals surface area contributed by atoms with E-state index in [0.717, 1.165) is 45.6 Å². The first-order chi connectivity index (χ1) is 9.87. The average Bonchev–Trinajstić information content (AvgIpc) is 2.38.